The molecule has 3 nitrogen and oxygen atoms in total. The number of aromatic nitrogens is 2. The molecule has 0 spiro atoms. The molecule has 3 rings (SSSR count). The second kappa shape index (κ2) is 6.27. The van der Waals surface area contributed by atoms with E-state index in [1.165, 1.54) is 11.1 Å². The minimum atomic E-state index is 0.323. The van der Waals surface area contributed by atoms with Gasteiger partial charge in [0.15, 0.2) is 0 Å². The SMILES string of the molecule is Cc1cc(N2CCC/C(=C\c3ccccc3)C2)nc(Cl)n1. The van der Waals surface area contributed by atoms with Crippen molar-refractivity contribution in [1.29, 1.82) is 0 Å². The standard InChI is InChI=1S/C17H18ClN3/c1-13-10-16(20-17(18)19-13)21-9-5-8-15(12-21)11-14-6-3-2-4-7-14/h2-4,6-7,10-11H,5,8-9,12H2,1H3/b15-11+. The molecule has 1 aromatic carbocycles. The molecule has 0 N–H and O–H groups in total. The van der Waals surface area contributed by atoms with Gasteiger partial charge < -0.3 is 4.90 Å². The number of rotatable bonds is 2. The maximum Gasteiger partial charge on any atom is 0.224 e. The molecule has 0 unspecified atom stereocenters. The Morgan fingerprint density at radius 1 is 1.19 bits per heavy atom. The molecule has 1 aliphatic heterocycles. The second-order valence-electron chi connectivity index (χ2n) is 5.37. The number of benzene rings is 1. The first-order valence-corrected chi connectivity index (χ1v) is 7.59. The lowest BCUT2D eigenvalue weighted by molar-refractivity contribution is 0.672. The zero-order chi connectivity index (χ0) is 14.7. The van der Waals surface area contributed by atoms with Gasteiger partial charge in [0, 0.05) is 24.8 Å². The Morgan fingerprint density at radius 3 is 2.76 bits per heavy atom. The van der Waals surface area contributed by atoms with E-state index in [0.29, 0.717) is 5.28 Å². The van der Waals surface area contributed by atoms with E-state index < -0.39 is 0 Å². The number of nitrogens with zero attached hydrogens (tertiary/aromatic N) is 3. The van der Waals surface area contributed by atoms with Gasteiger partial charge in [0.2, 0.25) is 5.28 Å². The van der Waals surface area contributed by atoms with Gasteiger partial charge in [-0.05, 0) is 36.9 Å². The highest BCUT2D eigenvalue weighted by Gasteiger charge is 2.16. The summed E-state index contributed by atoms with van der Waals surface area (Å²) >= 11 is 5.97. The van der Waals surface area contributed by atoms with Crippen molar-refractivity contribution in [1.82, 2.24) is 9.97 Å². The van der Waals surface area contributed by atoms with Crippen molar-refractivity contribution >= 4 is 23.5 Å². The van der Waals surface area contributed by atoms with Gasteiger partial charge in [-0.25, -0.2) is 9.97 Å². The Balaban J connectivity index is 1.81. The summed E-state index contributed by atoms with van der Waals surface area (Å²) in [5.41, 5.74) is 3.59. The van der Waals surface area contributed by atoms with Crippen molar-refractivity contribution in [2.75, 3.05) is 18.0 Å². The highest BCUT2D eigenvalue weighted by atomic mass is 35.5. The number of halogens is 1. The number of hydrogen-bond acceptors (Lipinski definition) is 3. The van der Waals surface area contributed by atoms with Crippen LogP contribution in [0.3, 0.4) is 0 Å². The molecule has 2 aromatic rings. The van der Waals surface area contributed by atoms with Crippen molar-refractivity contribution < 1.29 is 0 Å². The lowest BCUT2D eigenvalue weighted by Crippen LogP contribution is -2.31. The lowest BCUT2D eigenvalue weighted by Gasteiger charge is -2.30. The molecule has 21 heavy (non-hydrogen) atoms. The Kier molecular flexibility index (Phi) is 4.20. The van der Waals surface area contributed by atoms with Crippen LogP contribution in [0.15, 0.2) is 42.0 Å². The summed E-state index contributed by atoms with van der Waals surface area (Å²) in [6.07, 6.45) is 4.56. The summed E-state index contributed by atoms with van der Waals surface area (Å²) in [5, 5.41) is 0.323. The Labute approximate surface area is 130 Å². The fourth-order valence-electron chi connectivity index (χ4n) is 2.68. The van der Waals surface area contributed by atoms with Crippen molar-refractivity contribution in [3.8, 4) is 0 Å². The van der Waals surface area contributed by atoms with Crippen LogP contribution in [0.5, 0.6) is 0 Å². The summed E-state index contributed by atoms with van der Waals surface area (Å²) in [6, 6.07) is 12.5. The molecule has 2 heterocycles. The van der Waals surface area contributed by atoms with Crippen LogP contribution in [-0.2, 0) is 0 Å². The fourth-order valence-corrected chi connectivity index (χ4v) is 2.90. The number of aryl methyl sites for hydroxylation is 1. The largest absolute Gasteiger partial charge is 0.352 e. The third kappa shape index (κ3) is 3.61. The normalized spacial score (nSPS) is 17.2. The van der Waals surface area contributed by atoms with Crippen LogP contribution < -0.4 is 4.90 Å². The van der Waals surface area contributed by atoms with Crippen LogP contribution in [0.4, 0.5) is 5.82 Å². The van der Waals surface area contributed by atoms with E-state index in [1.807, 2.05) is 19.1 Å². The first-order chi connectivity index (χ1) is 10.2. The molecule has 0 radical (unpaired) electrons. The van der Waals surface area contributed by atoms with Gasteiger partial charge in [-0.2, -0.15) is 0 Å². The third-order valence-corrected chi connectivity index (χ3v) is 3.80. The maximum absolute atomic E-state index is 5.97. The van der Waals surface area contributed by atoms with Gasteiger partial charge in [-0.3, -0.25) is 0 Å². The summed E-state index contributed by atoms with van der Waals surface area (Å²) < 4.78 is 0. The van der Waals surface area contributed by atoms with Crippen LogP contribution in [0, 0.1) is 6.92 Å². The van der Waals surface area contributed by atoms with E-state index >= 15 is 0 Å². The predicted molar refractivity (Wildman–Crippen MR) is 87.6 cm³/mol. The van der Waals surface area contributed by atoms with E-state index in [9.17, 15) is 0 Å². The van der Waals surface area contributed by atoms with Gasteiger partial charge in [0.05, 0.1) is 0 Å². The highest BCUT2D eigenvalue weighted by molar-refractivity contribution is 6.28. The van der Waals surface area contributed by atoms with E-state index in [-0.39, 0.29) is 0 Å². The smallest absolute Gasteiger partial charge is 0.224 e. The molecule has 0 saturated carbocycles. The zero-order valence-electron chi connectivity index (χ0n) is 12.1. The first kappa shape index (κ1) is 14.1. The molecule has 0 atom stereocenters. The van der Waals surface area contributed by atoms with Crippen LogP contribution in [0.25, 0.3) is 6.08 Å². The quantitative estimate of drug-likeness (QED) is 0.781. The molecule has 0 amide bonds. The summed E-state index contributed by atoms with van der Waals surface area (Å²) in [7, 11) is 0. The Hall–Kier alpha value is -1.87. The van der Waals surface area contributed by atoms with Crippen LogP contribution in [0.2, 0.25) is 5.28 Å². The molecular formula is C17H18ClN3. The lowest BCUT2D eigenvalue weighted by atomic mass is 10.0. The number of hydrogen-bond donors (Lipinski definition) is 0. The second-order valence-corrected chi connectivity index (χ2v) is 5.71. The predicted octanol–water partition coefficient (Wildman–Crippen LogP) is 4.12. The minimum absolute atomic E-state index is 0.323. The van der Waals surface area contributed by atoms with Crippen LogP contribution in [-0.4, -0.2) is 23.1 Å². The molecule has 1 aliphatic rings. The van der Waals surface area contributed by atoms with Gasteiger partial charge in [-0.1, -0.05) is 42.0 Å². The van der Waals surface area contributed by atoms with Crippen molar-refractivity contribution in [2.45, 2.75) is 19.8 Å². The topological polar surface area (TPSA) is 29.0 Å². The van der Waals surface area contributed by atoms with Crippen LogP contribution >= 0.6 is 11.6 Å². The van der Waals surface area contributed by atoms with E-state index in [4.69, 9.17) is 11.6 Å². The van der Waals surface area contributed by atoms with Gasteiger partial charge in [0.1, 0.15) is 5.82 Å². The Bertz CT molecular complexity index is 632. The van der Waals surface area contributed by atoms with Gasteiger partial charge in [-0.15, -0.1) is 0 Å². The monoisotopic (exact) mass is 299 g/mol. The van der Waals surface area contributed by atoms with E-state index in [1.54, 1.807) is 0 Å². The van der Waals surface area contributed by atoms with E-state index in [0.717, 1.165) is 37.4 Å². The van der Waals surface area contributed by atoms with Crippen LogP contribution in [0.1, 0.15) is 24.1 Å². The molecule has 1 aromatic heterocycles. The Morgan fingerprint density at radius 2 is 2.00 bits per heavy atom. The van der Waals surface area contributed by atoms with Crippen molar-refractivity contribution in [2.24, 2.45) is 0 Å². The van der Waals surface area contributed by atoms with E-state index in [2.05, 4.69) is 45.2 Å². The van der Waals surface area contributed by atoms with Crippen molar-refractivity contribution in [3.05, 3.63) is 58.5 Å². The van der Waals surface area contributed by atoms with Crippen molar-refractivity contribution in [3.63, 3.8) is 0 Å². The first-order valence-electron chi connectivity index (χ1n) is 7.21. The maximum atomic E-state index is 5.97. The number of piperidine rings is 1. The molecule has 1 saturated heterocycles. The molecule has 0 bridgehead atoms. The molecule has 0 aliphatic carbocycles. The average Bonchev–Trinajstić information content (AvgIpc) is 2.47. The average molecular weight is 300 g/mol. The molecule has 4 heteroatoms. The summed E-state index contributed by atoms with van der Waals surface area (Å²) in [5.74, 6) is 0.922. The number of anilines is 1. The highest BCUT2D eigenvalue weighted by Crippen LogP contribution is 2.24. The fraction of sp³-hybridized carbons (Fsp3) is 0.294. The van der Waals surface area contributed by atoms with Gasteiger partial charge >= 0.3 is 0 Å². The zero-order valence-corrected chi connectivity index (χ0v) is 12.8. The summed E-state index contributed by atoms with van der Waals surface area (Å²) in [4.78, 5) is 10.8. The molecular weight excluding hydrogens is 282 g/mol. The van der Waals surface area contributed by atoms with Gasteiger partial charge in [0.25, 0.3) is 0 Å². The third-order valence-electron chi connectivity index (χ3n) is 3.63. The molecule has 1 fully saturated rings. The minimum Gasteiger partial charge on any atom is -0.352 e. The summed E-state index contributed by atoms with van der Waals surface area (Å²) in [6.45, 7) is 3.86. The molecule has 108 valence electrons.